The Bertz CT molecular complexity index is 743. The Hall–Kier alpha value is -3.02. The van der Waals surface area contributed by atoms with Crippen LogP contribution in [0.1, 0.15) is 12.8 Å². The zero-order valence-corrected chi connectivity index (χ0v) is 13.2. The van der Waals surface area contributed by atoms with Crippen LogP contribution in [0.5, 0.6) is 17.2 Å². The zero-order chi connectivity index (χ0) is 16.9. The minimum absolute atomic E-state index is 0.0873. The number of carbonyl (C=O) groups is 2. The molecule has 1 fully saturated rings. The molecular weight excluding hydrogens is 308 g/mol. The normalized spacial score (nSPS) is 16.4. The molecule has 2 N–H and O–H groups in total. The molecule has 1 aliphatic rings. The number of ether oxygens (including phenoxy) is 2. The fourth-order valence-electron chi connectivity index (χ4n) is 2.48. The molecule has 2 amide bonds. The molecule has 1 aliphatic heterocycles. The van der Waals surface area contributed by atoms with Crippen molar-refractivity contribution in [2.45, 2.75) is 18.9 Å². The predicted molar refractivity (Wildman–Crippen MR) is 89.3 cm³/mol. The fraction of sp³-hybridized carbons (Fsp3) is 0.222. The van der Waals surface area contributed by atoms with Crippen molar-refractivity contribution < 1.29 is 19.1 Å². The van der Waals surface area contributed by atoms with Crippen LogP contribution < -0.4 is 20.1 Å². The second-order valence-electron chi connectivity index (χ2n) is 5.43. The van der Waals surface area contributed by atoms with Crippen molar-refractivity contribution in [2.24, 2.45) is 0 Å². The summed E-state index contributed by atoms with van der Waals surface area (Å²) in [5.74, 6) is 1.60. The molecule has 0 unspecified atom stereocenters. The number of carbonyl (C=O) groups excluding carboxylic acids is 2. The Morgan fingerprint density at radius 2 is 1.83 bits per heavy atom. The fourth-order valence-corrected chi connectivity index (χ4v) is 2.48. The second kappa shape index (κ2) is 7.04. The Kier molecular flexibility index (Phi) is 4.65. The summed E-state index contributed by atoms with van der Waals surface area (Å²) in [6.07, 6.45) is 0.920. The van der Waals surface area contributed by atoms with Crippen LogP contribution in [-0.4, -0.2) is 25.0 Å². The van der Waals surface area contributed by atoms with Gasteiger partial charge >= 0.3 is 0 Å². The third kappa shape index (κ3) is 3.65. The molecule has 124 valence electrons. The highest BCUT2D eigenvalue weighted by atomic mass is 16.5. The van der Waals surface area contributed by atoms with E-state index in [9.17, 15) is 9.59 Å². The monoisotopic (exact) mass is 326 g/mol. The van der Waals surface area contributed by atoms with Crippen LogP contribution in [0.4, 0.5) is 5.69 Å². The number of hydrogen-bond donors (Lipinski definition) is 2. The molecule has 0 aliphatic carbocycles. The first kappa shape index (κ1) is 15.9. The van der Waals surface area contributed by atoms with Gasteiger partial charge in [0.15, 0.2) is 11.5 Å². The molecule has 6 nitrogen and oxygen atoms in total. The maximum Gasteiger partial charge on any atom is 0.246 e. The number of anilines is 1. The molecule has 24 heavy (non-hydrogen) atoms. The Morgan fingerprint density at radius 1 is 1.12 bits per heavy atom. The number of benzene rings is 2. The first-order chi connectivity index (χ1) is 11.7. The van der Waals surface area contributed by atoms with Gasteiger partial charge in [0, 0.05) is 12.1 Å². The Labute approximate surface area is 139 Å². The van der Waals surface area contributed by atoms with Crippen LogP contribution in [0.2, 0.25) is 0 Å². The molecule has 0 aromatic heterocycles. The van der Waals surface area contributed by atoms with Gasteiger partial charge in [0.1, 0.15) is 11.8 Å². The third-order valence-electron chi connectivity index (χ3n) is 3.73. The van der Waals surface area contributed by atoms with Gasteiger partial charge in [0.25, 0.3) is 0 Å². The van der Waals surface area contributed by atoms with Gasteiger partial charge in [-0.3, -0.25) is 9.59 Å². The maximum atomic E-state index is 12.0. The molecule has 3 rings (SSSR count). The van der Waals surface area contributed by atoms with Gasteiger partial charge in [-0.2, -0.15) is 0 Å². The van der Waals surface area contributed by atoms with Crippen molar-refractivity contribution in [3.05, 3.63) is 48.5 Å². The maximum absolute atomic E-state index is 12.0. The van der Waals surface area contributed by atoms with E-state index in [1.54, 1.807) is 31.4 Å². The summed E-state index contributed by atoms with van der Waals surface area (Å²) < 4.78 is 11.0. The number of rotatable bonds is 5. The lowest BCUT2D eigenvalue weighted by molar-refractivity contribution is -0.122. The van der Waals surface area contributed by atoms with Gasteiger partial charge in [-0.05, 0) is 42.8 Å². The minimum Gasteiger partial charge on any atom is -0.493 e. The van der Waals surface area contributed by atoms with Crippen molar-refractivity contribution in [1.82, 2.24) is 5.32 Å². The number of hydrogen-bond acceptors (Lipinski definition) is 4. The first-order valence-electron chi connectivity index (χ1n) is 7.67. The van der Waals surface area contributed by atoms with Gasteiger partial charge in [-0.25, -0.2) is 0 Å². The number of nitrogens with one attached hydrogen (secondary N) is 2. The zero-order valence-electron chi connectivity index (χ0n) is 13.2. The Morgan fingerprint density at radius 3 is 2.46 bits per heavy atom. The van der Waals surface area contributed by atoms with Gasteiger partial charge < -0.3 is 20.1 Å². The number of para-hydroxylation sites is 2. The summed E-state index contributed by atoms with van der Waals surface area (Å²) in [6, 6.07) is 13.9. The van der Waals surface area contributed by atoms with Crippen LogP contribution >= 0.6 is 0 Å². The summed E-state index contributed by atoms with van der Waals surface area (Å²) in [4.78, 5) is 23.2. The highest BCUT2D eigenvalue weighted by Crippen LogP contribution is 2.31. The molecular formula is C18H18N2O4. The van der Waals surface area contributed by atoms with Crippen LogP contribution in [0.3, 0.4) is 0 Å². The third-order valence-corrected chi connectivity index (χ3v) is 3.73. The molecule has 1 heterocycles. The standard InChI is InChI=1S/C18H18N2O4/c1-23-15-4-2-3-5-16(15)24-13-8-6-12(7-9-13)19-18(22)14-10-11-17(21)20-14/h2-9,14H,10-11H2,1H3,(H,19,22)(H,20,21)/t14-/m1/s1. The molecule has 0 saturated carbocycles. The van der Waals surface area contributed by atoms with Gasteiger partial charge in [-0.1, -0.05) is 12.1 Å². The number of amides is 2. The second-order valence-corrected chi connectivity index (χ2v) is 5.43. The molecule has 0 bridgehead atoms. The topological polar surface area (TPSA) is 76.7 Å². The molecule has 0 radical (unpaired) electrons. The summed E-state index contributed by atoms with van der Waals surface area (Å²) in [6.45, 7) is 0. The van der Waals surface area contributed by atoms with E-state index in [1.165, 1.54) is 0 Å². The highest BCUT2D eigenvalue weighted by molar-refractivity contribution is 5.98. The van der Waals surface area contributed by atoms with E-state index < -0.39 is 6.04 Å². The van der Waals surface area contributed by atoms with Crippen molar-refractivity contribution in [1.29, 1.82) is 0 Å². The summed E-state index contributed by atoms with van der Waals surface area (Å²) >= 11 is 0. The number of methoxy groups -OCH3 is 1. The summed E-state index contributed by atoms with van der Waals surface area (Å²) in [5.41, 5.74) is 0.647. The van der Waals surface area contributed by atoms with Crippen molar-refractivity contribution >= 4 is 17.5 Å². The lowest BCUT2D eigenvalue weighted by Gasteiger charge is -2.12. The minimum atomic E-state index is -0.456. The smallest absolute Gasteiger partial charge is 0.246 e. The summed E-state index contributed by atoms with van der Waals surface area (Å²) in [5, 5.41) is 5.43. The van der Waals surface area contributed by atoms with E-state index in [-0.39, 0.29) is 11.8 Å². The van der Waals surface area contributed by atoms with Crippen molar-refractivity contribution in [3.8, 4) is 17.2 Å². The van der Waals surface area contributed by atoms with E-state index in [4.69, 9.17) is 9.47 Å². The van der Waals surface area contributed by atoms with Crippen LogP contribution in [0.25, 0.3) is 0 Å². The molecule has 1 saturated heterocycles. The van der Waals surface area contributed by atoms with Crippen molar-refractivity contribution in [2.75, 3.05) is 12.4 Å². The molecule has 6 heteroatoms. The molecule has 0 spiro atoms. The molecule has 2 aromatic rings. The van der Waals surface area contributed by atoms with E-state index in [0.29, 0.717) is 35.8 Å². The van der Waals surface area contributed by atoms with E-state index in [0.717, 1.165) is 0 Å². The van der Waals surface area contributed by atoms with Crippen molar-refractivity contribution in [3.63, 3.8) is 0 Å². The van der Waals surface area contributed by atoms with Crippen LogP contribution in [0.15, 0.2) is 48.5 Å². The lowest BCUT2D eigenvalue weighted by Crippen LogP contribution is -2.37. The van der Waals surface area contributed by atoms with E-state index in [2.05, 4.69) is 10.6 Å². The first-order valence-corrected chi connectivity index (χ1v) is 7.67. The van der Waals surface area contributed by atoms with E-state index in [1.807, 2.05) is 24.3 Å². The van der Waals surface area contributed by atoms with Crippen LogP contribution in [0, 0.1) is 0 Å². The highest BCUT2D eigenvalue weighted by Gasteiger charge is 2.27. The van der Waals surface area contributed by atoms with Gasteiger partial charge in [0.2, 0.25) is 11.8 Å². The predicted octanol–water partition coefficient (Wildman–Crippen LogP) is 2.70. The SMILES string of the molecule is COc1ccccc1Oc1ccc(NC(=O)[C@H]2CCC(=O)N2)cc1. The van der Waals surface area contributed by atoms with Gasteiger partial charge in [-0.15, -0.1) is 0 Å². The largest absolute Gasteiger partial charge is 0.493 e. The lowest BCUT2D eigenvalue weighted by atomic mass is 10.2. The quantitative estimate of drug-likeness (QED) is 0.886. The van der Waals surface area contributed by atoms with E-state index >= 15 is 0 Å². The average molecular weight is 326 g/mol. The molecule has 2 aromatic carbocycles. The summed E-state index contributed by atoms with van der Waals surface area (Å²) in [7, 11) is 1.59. The Balaban J connectivity index is 1.63. The van der Waals surface area contributed by atoms with Gasteiger partial charge in [0.05, 0.1) is 7.11 Å². The average Bonchev–Trinajstić information content (AvgIpc) is 3.04. The molecule has 1 atom stereocenters. The van der Waals surface area contributed by atoms with Crippen LogP contribution in [-0.2, 0) is 9.59 Å².